The first-order valence-corrected chi connectivity index (χ1v) is 7.21. The third-order valence-electron chi connectivity index (χ3n) is 3.52. The zero-order valence-electron chi connectivity index (χ0n) is 12.9. The highest BCUT2D eigenvalue weighted by molar-refractivity contribution is 6.07. The Bertz CT molecular complexity index is 681. The second-order valence-corrected chi connectivity index (χ2v) is 5.33. The SMILES string of the molecule is Cc1ccc(C)c(C(=O)N(CCC(N)=O)c2ccccc2)c1. The molecule has 2 N–H and O–H groups in total. The van der Waals surface area contributed by atoms with Crippen LogP contribution in [0.15, 0.2) is 48.5 Å². The number of nitrogens with zero attached hydrogens (tertiary/aromatic N) is 1. The number of aryl methyl sites for hydroxylation is 2. The van der Waals surface area contributed by atoms with Crippen LogP contribution in [0.4, 0.5) is 5.69 Å². The van der Waals surface area contributed by atoms with Gasteiger partial charge < -0.3 is 10.6 Å². The van der Waals surface area contributed by atoms with E-state index >= 15 is 0 Å². The van der Waals surface area contributed by atoms with Gasteiger partial charge in [0.2, 0.25) is 5.91 Å². The summed E-state index contributed by atoms with van der Waals surface area (Å²) in [6, 6.07) is 15.1. The van der Waals surface area contributed by atoms with Crippen molar-refractivity contribution < 1.29 is 9.59 Å². The number of hydrogen-bond donors (Lipinski definition) is 1. The molecule has 0 saturated carbocycles. The van der Waals surface area contributed by atoms with Crippen molar-refractivity contribution in [1.29, 1.82) is 0 Å². The molecule has 2 amide bonds. The quantitative estimate of drug-likeness (QED) is 0.922. The van der Waals surface area contributed by atoms with Gasteiger partial charge in [-0.3, -0.25) is 9.59 Å². The Morgan fingerprint density at radius 2 is 1.73 bits per heavy atom. The maximum atomic E-state index is 12.9. The summed E-state index contributed by atoms with van der Waals surface area (Å²) in [5, 5.41) is 0. The number of anilines is 1. The normalized spacial score (nSPS) is 10.3. The summed E-state index contributed by atoms with van der Waals surface area (Å²) in [4.78, 5) is 25.6. The molecule has 0 bridgehead atoms. The van der Waals surface area contributed by atoms with Crippen molar-refractivity contribution in [2.24, 2.45) is 5.73 Å². The zero-order chi connectivity index (χ0) is 16.1. The number of hydrogen-bond acceptors (Lipinski definition) is 2. The summed E-state index contributed by atoms with van der Waals surface area (Å²) in [6.45, 7) is 4.13. The molecular formula is C18H20N2O2. The van der Waals surface area contributed by atoms with Crippen molar-refractivity contribution in [1.82, 2.24) is 0 Å². The average molecular weight is 296 g/mol. The van der Waals surface area contributed by atoms with Gasteiger partial charge in [-0.2, -0.15) is 0 Å². The molecule has 22 heavy (non-hydrogen) atoms. The lowest BCUT2D eigenvalue weighted by Crippen LogP contribution is -2.34. The first kappa shape index (κ1) is 15.8. The van der Waals surface area contributed by atoms with Crippen LogP contribution in [0, 0.1) is 13.8 Å². The smallest absolute Gasteiger partial charge is 0.258 e. The largest absolute Gasteiger partial charge is 0.370 e. The number of carbonyl (C=O) groups is 2. The summed E-state index contributed by atoms with van der Waals surface area (Å²) < 4.78 is 0. The van der Waals surface area contributed by atoms with Crippen molar-refractivity contribution >= 4 is 17.5 Å². The van der Waals surface area contributed by atoms with Gasteiger partial charge in [-0.05, 0) is 37.6 Å². The van der Waals surface area contributed by atoms with E-state index in [0.717, 1.165) is 16.8 Å². The molecule has 0 fully saturated rings. The molecule has 0 saturated heterocycles. The minimum absolute atomic E-state index is 0.117. The fraction of sp³-hybridized carbons (Fsp3) is 0.222. The lowest BCUT2D eigenvalue weighted by Gasteiger charge is -2.23. The van der Waals surface area contributed by atoms with Gasteiger partial charge in [0.25, 0.3) is 5.91 Å². The van der Waals surface area contributed by atoms with E-state index in [9.17, 15) is 9.59 Å². The summed E-state index contributed by atoms with van der Waals surface area (Å²) in [5.41, 5.74) is 8.58. The van der Waals surface area contributed by atoms with E-state index in [2.05, 4.69) is 0 Å². The molecule has 114 valence electrons. The van der Waals surface area contributed by atoms with Crippen molar-refractivity contribution in [3.8, 4) is 0 Å². The molecule has 0 unspecified atom stereocenters. The number of rotatable bonds is 5. The standard InChI is InChI=1S/C18H20N2O2/c1-13-8-9-14(2)16(12-13)18(22)20(11-10-17(19)21)15-6-4-3-5-7-15/h3-9,12H,10-11H2,1-2H3,(H2,19,21). The first-order valence-electron chi connectivity index (χ1n) is 7.21. The van der Waals surface area contributed by atoms with E-state index in [1.54, 1.807) is 4.90 Å². The van der Waals surface area contributed by atoms with E-state index in [0.29, 0.717) is 5.56 Å². The predicted octanol–water partition coefficient (Wildman–Crippen LogP) is 2.83. The molecule has 0 spiro atoms. The van der Waals surface area contributed by atoms with E-state index in [1.807, 2.05) is 62.4 Å². The van der Waals surface area contributed by atoms with Gasteiger partial charge in [-0.1, -0.05) is 35.9 Å². The van der Waals surface area contributed by atoms with Crippen LogP contribution < -0.4 is 10.6 Å². The van der Waals surface area contributed by atoms with Gasteiger partial charge in [-0.15, -0.1) is 0 Å². The minimum atomic E-state index is -0.422. The molecule has 0 aliphatic heterocycles. The van der Waals surface area contributed by atoms with Crippen molar-refractivity contribution in [3.63, 3.8) is 0 Å². The molecule has 0 radical (unpaired) electrons. The number of amides is 2. The van der Waals surface area contributed by atoms with Crippen LogP contribution in [-0.4, -0.2) is 18.4 Å². The van der Waals surface area contributed by atoms with Gasteiger partial charge >= 0.3 is 0 Å². The van der Waals surface area contributed by atoms with Gasteiger partial charge in [0.15, 0.2) is 0 Å². The molecule has 2 rings (SSSR count). The molecule has 2 aromatic rings. The second-order valence-electron chi connectivity index (χ2n) is 5.33. The van der Waals surface area contributed by atoms with Crippen LogP contribution in [-0.2, 0) is 4.79 Å². The lowest BCUT2D eigenvalue weighted by molar-refractivity contribution is -0.117. The molecule has 2 aromatic carbocycles. The molecule has 4 nitrogen and oxygen atoms in total. The molecule has 0 aromatic heterocycles. The number of nitrogens with two attached hydrogens (primary N) is 1. The van der Waals surface area contributed by atoms with Crippen LogP contribution >= 0.6 is 0 Å². The monoisotopic (exact) mass is 296 g/mol. The highest BCUT2D eigenvalue weighted by Gasteiger charge is 2.19. The van der Waals surface area contributed by atoms with Crippen molar-refractivity contribution in [2.45, 2.75) is 20.3 Å². The average Bonchev–Trinajstić information content (AvgIpc) is 2.50. The maximum Gasteiger partial charge on any atom is 0.258 e. The molecule has 0 aliphatic rings. The lowest BCUT2D eigenvalue weighted by atomic mass is 10.0. The summed E-state index contributed by atoms with van der Waals surface area (Å²) in [6.07, 6.45) is 0.130. The third-order valence-corrected chi connectivity index (χ3v) is 3.52. The van der Waals surface area contributed by atoms with Crippen molar-refractivity contribution in [3.05, 3.63) is 65.2 Å². The summed E-state index contributed by atoms with van der Waals surface area (Å²) in [5.74, 6) is -0.539. The highest BCUT2D eigenvalue weighted by Crippen LogP contribution is 2.20. The molecule has 0 heterocycles. The Labute approximate surface area is 130 Å². The van der Waals surface area contributed by atoms with E-state index in [4.69, 9.17) is 5.73 Å². The number of para-hydroxylation sites is 1. The fourth-order valence-electron chi connectivity index (χ4n) is 2.29. The van der Waals surface area contributed by atoms with E-state index in [1.165, 1.54) is 0 Å². The molecular weight excluding hydrogens is 276 g/mol. The predicted molar refractivity (Wildman–Crippen MR) is 87.8 cm³/mol. The van der Waals surface area contributed by atoms with Gasteiger partial charge in [-0.25, -0.2) is 0 Å². The van der Waals surface area contributed by atoms with Gasteiger partial charge in [0, 0.05) is 24.2 Å². The Balaban J connectivity index is 2.37. The Kier molecular flexibility index (Phi) is 4.94. The fourth-order valence-corrected chi connectivity index (χ4v) is 2.29. The number of primary amides is 1. The van der Waals surface area contributed by atoms with Gasteiger partial charge in [0.05, 0.1) is 0 Å². The number of benzene rings is 2. The highest BCUT2D eigenvalue weighted by atomic mass is 16.2. The summed E-state index contributed by atoms with van der Waals surface area (Å²) >= 11 is 0. The first-order chi connectivity index (χ1) is 10.5. The topological polar surface area (TPSA) is 63.4 Å². The third kappa shape index (κ3) is 3.73. The number of carbonyl (C=O) groups excluding carboxylic acids is 2. The second kappa shape index (κ2) is 6.89. The van der Waals surface area contributed by atoms with Crippen LogP contribution in [0.3, 0.4) is 0 Å². The Morgan fingerprint density at radius 3 is 2.36 bits per heavy atom. The molecule has 0 aliphatic carbocycles. The van der Waals surface area contributed by atoms with Gasteiger partial charge in [0.1, 0.15) is 0 Å². The Morgan fingerprint density at radius 1 is 1.05 bits per heavy atom. The van der Waals surface area contributed by atoms with Crippen LogP contribution in [0.2, 0.25) is 0 Å². The zero-order valence-corrected chi connectivity index (χ0v) is 12.9. The van der Waals surface area contributed by atoms with Crippen LogP contribution in [0.1, 0.15) is 27.9 Å². The minimum Gasteiger partial charge on any atom is -0.370 e. The van der Waals surface area contributed by atoms with E-state index in [-0.39, 0.29) is 18.9 Å². The van der Waals surface area contributed by atoms with E-state index < -0.39 is 5.91 Å². The van der Waals surface area contributed by atoms with Crippen molar-refractivity contribution in [2.75, 3.05) is 11.4 Å². The Hall–Kier alpha value is -2.62. The molecule has 0 atom stereocenters. The van der Waals surface area contributed by atoms with Crippen LogP contribution in [0.5, 0.6) is 0 Å². The van der Waals surface area contributed by atoms with Crippen LogP contribution in [0.25, 0.3) is 0 Å². The summed E-state index contributed by atoms with van der Waals surface area (Å²) in [7, 11) is 0. The maximum absolute atomic E-state index is 12.9. The molecule has 4 heteroatoms.